The Morgan fingerprint density at radius 2 is 2.17 bits per heavy atom. The Balaban J connectivity index is 1.99. The van der Waals surface area contributed by atoms with Gasteiger partial charge in [0.15, 0.2) is 0 Å². The second-order valence-corrected chi connectivity index (χ2v) is 5.72. The van der Waals surface area contributed by atoms with E-state index in [1.807, 2.05) is 33.9 Å². The minimum Gasteiger partial charge on any atom is -0.459 e. The van der Waals surface area contributed by atoms with E-state index in [0.29, 0.717) is 6.54 Å². The molecule has 0 N–H and O–H groups in total. The van der Waals surface area contributed by atoms with Crippen LogP contribution < -0.4 is 0 Å². The van der Waals surface area contributed by atoms with Crippen molar-refractivity contribution >= 4 is 5.97 Å². The minimum atomic E-state index is -0.431. The number of hydrogen-bond donors (Lipinski definition) is 0. The highest BCUT2D eigenvalue weighted by Crippen LogP contribution is 2.16. The third kappa shape index (κ3) is 2.90. The van der Waals surface area contributed by atoms with Gasteiger partial charge in [-0.3, -0.25) is 9.69 Å². The van der Waals surface area contributed by atoms with Crippen LogP contribution in [0.25, 0.3) is 0 Å². The first-order valence-corrected chi connectivity index (χ1v) is 6.34. The monoisotopic (exact) mass is 251 g/mol. The lowest BCUT2D eigenvalue weighted by Gasteiger charge is -2.33. The molecular formula is C13H21N3O2. The van der Waals surface area contributed by atoms with E-state index in [2.05, 4.69) is 14.5 Å². The van der Waals surface area contributed by atoms with Crippen LogP contribution in [-0.2, 0) is 22.6 Å². The van der Waals surface area contributed by atoms with Crippen molar-refractivity contribution in [2.24, 2.45) is 0 Å². The minimum absolute atomic E-state index is 0.164. The SMILES string of the molecule is CC(C(=O)OC(C)(C)C)N1CCn2ccnc2C1. The van der Waals surface area contributed by atoms with Crippen LogP contribution in [0.4, 0.5) is 0 Å². The molecule has 0 radical (unpaired) electrons. The number of fused-ring (bicyclic) bond motifs is 1. The van der Waals surface area contributed by atoms with Crippen molar-refractivity contribution in [3.8, 4) is 0 Å². The van der Waals surface area contributed by atoms with Gasteiger partial charge in [0.05, 0.1) is 6.54 Å². The van der Waals surface area contributed by atoms with Crippen molar-refractivity contribution in [2.45, 2.75) is 52.4 Å². The molecule has 0 aliphatic carbocycles. The molecule has 2 rings (SSSR count). The Morgan fingerprint density at radius 3 is 2.83 bits per heavy atom. The molecule has 0 saturated carbocycles. The van der Waals surface area contributed by atoms with Crippen LogP contribution in [0.15, 0.2) is 12.4 Å². The molecule has 0 saturated heterocycles. The fourth-order valence-electron chi connectivity index (χ4n) is 2.06. The second-order valence-electron chi connectivity index (χ2n) is 5.72. The molecule has 18 heavy (non-hydrogen) atoms. The maximum atomic E-state index is 12.0. The third-order valence-electron chi connectivity index (χ3n) is 3.07. The molecule has 0 spiro atoms. The molecule has 1 aromatic rings. The molecule has 2 heterocycles. The van der Waals surface area contributed by atoms with Crippen LogP contribution in [0.1, 0.15) is 33.5 Å². The smallest absolute Gasteiger partial charge is 0.323 e. The zero-order valence-electron chi connectivity index (χ0n) is 11.5. The average molecular weight is 251 g/mol. The zero-order chi connectivity index (χ0) is 13.3. The number of hydrogen-bond acceptors (Lipinski definition) is 4. The Hall–Kier alpha value is -1.36. The van der Waals surface area contributed by atoms with E-state index in [9.17, 15) is 4.79 Å². The van der Waals surface area contributed by atoms with Gasteiger partial charge in [0, 0.05) is 25.5 Å². The molecule has 1 unspecified atom stereocenters. The van der Waals surface area contributed by atoms with E-state index in [0.717, 1.165) is 18.9 Å². The summed E-state index contributed by atoms with van der Waals surface area (Å²) in [6.07, 6.45) is 3.78. The van der Waals surface area contributed by atoms with Crippen molar-refractivity contribution in [1.82, 2.24) is 14.5 Å². The summed E-state index contributed by atoms with van der Waals surface area (Å²) in [5.74, 6) is 0.846. The van der Waals surface area contributed by atoms with Gasteiger partial charge < -0.3 is 9.30 Å². The zero-order valence-corrected chi connectivity index (χ0v) is 11.5. The van der Waals surface area contributed by atoms with Gasteiger partial charge in [-0.2, -0.15) is 0 Å². The molecule has 0 aromatic carbocycles. The highest BCUT2D eigenvalue weighted by molar-refractivity contribution is 5.75. The molecule has 1 aromatic heterocycles. The number of esters is 1. The number of nitrogens with zero attached hydrogens (tertiary/aromatic N) is 3. The first kappa shape index (κ1) is 13.1. The molecule has 5 nitrogen and oxygen atoms in total. The summed E-state index contributed by atoms with van der Waals surface area (Å²) in [4.78, 5) is 18.4. The van der Waals surface area contributed by atoms with Gasteiger partial charge in [-0.15, -0.1) is 0 Å². The molecule has 1 aliphatic heterocycles. The first-order valence-electron chi connectivity index (χ1n) is 6.34. The summed E-state index contributed by atoms with van der Waals surface area (Å²) in [6.45, 7) is 9.99. The van der Waals surface area contributed by atoms with Crippen LogP contribution in [0.5, 0.6) is 0 Å². The van der Waals surface area contributed by atoms with E-state index in [1.54, 1.807) is 6.20 Å². The number of carbonyl (C=O) groups excluding carboxylic acids is 1. The average Bonchev–Trinajstić information content (AvgIpc) is 2.72. The number of carbonyl (C=O) groups is 1. The number of ether oxygens (including phenoxy) is 1. The molecular weight excluding hydrogens is 230 g/mol. The lowest BCUT2D eigenvalue weighted by Crippen LogP contribution is -2.46. The number of aromatic nitrogens is 2. The van der Waals surface area contributed by atoms with Crippen LogP contribution in [0.3, 0.4) is 0 Å². The van der Waals surface area contributed by atoms with Gasteiger partial charge in [-0.25, -0.2) is 4.98 Å². The molecule has 1 aliphatic rings. The summed E-state index contributed by atoms with van der Waals surface area (Å²) in [5, 5.41) is 0. The standard InChI is InChI=1S/C13H21N3O2/c1-10(12(17)18-13(2,3)4)16-8-7-15-6-5-14-11(15)9-16/h5-6,10H,7-9H2,1-4H3. The lowest BCUT2D eigenvalue weighted by atomic mass is 10.2. The predicted molar refractivity (Wildman–Crippen MR) is 67.9 cm³/mol. The van der Waals surface area contributed by atoms with E-state index in [-0.39, 0.29) is 12.0 Å². The van der Waals surface area contributed by atoms with Crippen molar-refractivity contribution in [1.29, 1.82) is 0 Å². The van der Waals surface area contributed by atoms with E-state index >= 15 is 0 Å². The summed E-state index contributed by atoms with van der Waals surface area (Å²) in [5.41, 5.74) is -0.431. The highest BCUT2D eigenvalue weighted by Gasteiger charge is 2.29. The molecule has 0 amide bonds. The maximum Gasteiger partial charge on any atom is 0.323 e. The Bertz CT molecular complexity index is 434. The van der Waals surface area contributed by atoms with Gasteiger partial charge >= 0.3 is 5.97 Å². The van der Waals surface area contributed by atoms with Gasteiger partial charge in [-0.05, 0) is 27.7 Å². The number of rotatable bonds is 2. The Morgan fingerprint density at radius 1 is 1.44 bits per heavy atom. The topological polar surface area (TPSA) is 47.4 Å². The van der Waals surface area contributed by atoms with Crippen molar-refractivity contribution in [3.05, 3.63) is 18.2 Å². The quantitative estimate of drug-likeness (QED) is 0.746. The van der Waals surface area contributed by atoms with Gasteiger partial charge in [0.2, 0.25) is 0 Å². The normalized spacial score (nSPS) is 18.2. The largest absolute Gasteiger partial charge is 0.459 e. The lowest BCUT2D eigenvalue weighted by molar-refractivity contribution is -0.161. The van der Waals surface area contributed by atoms with Crippen molar-refractivity contribution in [3.63, 3.8) is 0 Å². The second kappa shape index (κ2) is 4.72. The molecule has 100 valence electrons. The van der Waals surface area contributed by atoms with E-state index in [1.165, 1.54) is 0 Å². The molecule has 1 atom stereocenters. The first-order chi connectivity index (χ1) is 8.37. The molecule has 5 heteroatoms. The summed E-state index contributed by atoms with van der Waals surface area (Å²) in [6, 6.07) is -0.227. The summed E-state index contributed by atoms with van der Waals surface area (Å²) in [7, 11) is 0. The molecule has 0 bridgehead atoms. The third-order valence-corrected chi connectivity index (χ3v) is 3.07. The fraction of sp³-hybridized carbons (Fsp3) is 0.692. The predicted octanol–water partition coefficient (Wildman–Crippen LogP) is 1.43. The Labute approximate surface area is 108 Å². The van der Waals surface area contributed by atoms with Gasteiger partial charge in [-0.1, -0.05) is 0 Å². The van der Waals surface area contributed by atoms with Crippen molar-refractivity contribution < 1.29 is 9.53 Å². The number of imidazole rings is 1. The van der Waals surface area contributed by atoms with Crippen LogP contribution in [-0.4, -0.2) is 38.6 Å². The summed E-state index contributed by atoms with van der Waals surface area (Å²) < 4.78 is 7.54. The van der Waals surface area contributed by atoms with Crippen molar-refractivity contribution in [2.75, 3.05) is 6.54 Å². The van der Waals surface area contributed by atoms with E-state index < -0.39 is 5.60 Å². The van der Waals surface area contributed by atoms with E-state index in [4.69, 9.17) is 4.74 Å². The van der Waals surface area contributed by atoms with Gasteiger partial charge in [0.25, 0.3) is 0 Å². The van der Waals surface area contributed by atoms with Gasteiger partial charge in [0.1, 0.15) is 17.5 Å². The van der Waals surface area contributed by atoms with Crippen LogP contribution in [0, 0.1) is 0 Å². The Kier molecular flexibility index (Phi) is 3.43. The highest BCUT2D eigenvalue weighted by atomic mass is 16.6. The maximum absolute atomic E-state index is 12.0. The van der Waals surface area contributed by atoms with Crippen LogP contribution in [0.2, 0.25) is 0 Å². The molecule has 0 fully saturated rings. The van der Waals surface area contributed by atoms with Crippen LogP contribution >= 0.6 is 0 Å². The fourth-order valence-corrected chi connectivity index (χ4v) is 2.06. The summed E-state index contributed by atoms with van der Waals surface area (Å²) >= 11 is 0.